The zero-order valence-electron chi connectivity index (χ0n) is 14.6. The van der Waals surface area contributed by atoms with E-state index in [4.69, 9.17) is 14.7 Å². The molecule has 0 spiro atoms. The van der Waals surface area contributed by atoms with E-state index in [1.165, 1.54) is 13.0 Å². The Bertz CT molecular complexity index is 725. The number of aliphatic hydroxyl groups excluding tert-OH is 1. The van der Waals surface area contributed by atoms with Crippen LogP contribution < -0.4 is 10.2 Å². The first kappa shape index (κ1) is 18.5. The average Bonchev–Trinajstić information content (AvgIpc) is 2.54. The molecule has 1 heterocycles. The van der Waals surface area contributed by atoms with Crippen molar-refractivity contribution in [1.82, 2.24) is 10.4 Å². The largest absolute Gasteiger partial charge is 0.485 e. The Balaban J connectivity index is 2.60. The fourth-order valence-corrected chi connectivity index (χ4v) is 2.71. The van der Waals surface area contributed by atoms with Crippen molar-refractivity contribution in [3.8, 4) is 11.8 Å². The summed E-state index contributed by atoms with van der Waals surface area (Å²) in [6, 6.07) is 5.73. The maximum atomic E-state index is 12.4. The van der Waals surface area contributed by atoms with E-state index in [9.17, 15) is 14.7 Å². The third-order valence-corrected chi connectivity index (χ3v) is 3.86. The molecule has 0 bridgehead atoms. The number of nitrogens with one attached hydrogen (secondary N) is 1. The third-order valence-electron chi connectivity index (χ3n) is 3.86. The fourth-order valence-electron chi connectivity index (χ4n) is 2.71. The van der Waals surface area contributed by atoms with Crippen LogP contribution in [0.2, 0.25) is 0 Å². The first-order chi connectivity index (χ1) is 11.7. The molecule has 1 aliphatic heterocycles. The molecule has 2 unspecified atom stereocenters. The molecule has 0 saturated carbocycles. The van der Waals surface area contributed by atoms with Gasteiger partial charge >= 0.3 is 6.09 Å². The number of nitriles is 1. The van der Waals surface area contributed by atoms with Crippen molar-refractivity contribution in [2.24, 2.45) is 0 Å². The Kier molecular flexibility index (Phi) is 5.18. The summed E-state index contributed by atoms with van der Waals surface area (Å²) in [5.74, 6) is -0.0820. The molecule has 2 amide bonds. The number of hydrogen-bond acceptors (Lipinski definition) is 6. The number of aliphatic hydroxyl groups is 1. The van der Waals surface area contributed by atoms with Gasteiger partial charge in [0.2, 0.25) is 5.91 Å². The predicted octanol–water partition coefficient (Wildman–Crippen LogP) is 1.64. The van der Waals surface area contributed by atoms with Crippen LogP contribution in [0.3, 0.4) is 0 Å². The fraction of sp³-hybridized carbons (Fsp3) is 0.471. The highest BCUT2D eigenvalue weighted by Gasteiger charge is 2.48. The van der Waals surface area contributed by atoms with Crippen molar-refractivity contribution in [1.29, 1.82) is 5.26 Å². The van der Waals surface area contributed by atoms with Crippen molar-refractivity contribution in [2.45, 2.75) is 45.4 Å². The molecule has 25 heavy (non-hydrogen) atoms. The molecule has 0 aromatic heterocycles. The average molecular weight is 347 g/mol. The highest BCUT2D eigenvalue weighted by molar-refractivity contribution is 5.77. The van der Waals surface area contributed by atoms with Crippen LogP contribution in [-0.4, -0.2) is 40.4 Å². The molecule has 1 aromatic rings. The van der Waals surface area contributed by atoms with E-state index >= 15 is 0 Å². The van der Waals surface area contributed by atoms with Crippen LogP contribution >= 0.6 is 0 Å². The van der Waals surface area contributed by atoms with Crippen LogP contribution in [-0.2, 0) is 9.53 Å². The Morgan fingerprint density at radius 1 is 1.48 bits per heavy atom. The number of rotatable bonds is 2. The molecule has 0 radical (unpaired) electrons. The number of amides is 2. The molecule has 8 heteroatoms. The van der Waals surface area contributed by atoms with Crippen molar-refractivity contribution in [2.75, 3.05) is 6.61 Å². The van der Waals surface area contributed by atoms with Gasteiger partial charge in [0.1, 0.15) is 23.5 Å². The molecule has 1 aromatic carbocycles. The van der Waals surface area contributed by atoms with E-state index in [0.717, 1.165) is 5.01 Å². The minimum atomic E-state index is -1.18. The SMILES string of the molecule is CCOC(=O)N(NC(C)=O)C1c2cc(C#N)ccc2OC(C)(C)C1O. The molecule has 134 valence electrons. The second-order valence-corrected chi connectivity index (χ2v) is 6.20. The van der Waals surface area contributed by atoms with Crippen LogP contribution in [0.4, 0.5) is 4.79 Å². The smallest absolute Gasteiger partial charge is 0.429 e. The van der Waals surface area contributed by atoms with Gasteiger partial charge in [-0.25, -0.2) is 9.80 Å². The zero-order valence-corrected chi connectivity index (χ0v) is 14.6. The second-order valence-electron chi connectivity index (χ2n) is 6.20. The standard InChI is InChI=1S/C17H21N3O5/c1-5-24-16(23)20(19-10(2)21)14-12-8-11(9-18)6-7-13(12)25-17(3,4)15(14)22/h6-8,14-15,22H,5H2,1-4H3,(H,19,21). The van der Waals surface area contributed by atoms with Gasteiger partial charge in [0.05, 0.1) is 18.2 Å². The lowest BCUT2D eigenvalue weighted by atomic mass is 9.85. The first-order valence-electron chi connectivity index (χ1n) is 7.85. The summed E-state index contributed by atoms with van der Waals surface area (Å²) >= 11 is 0. The number of nitrogens with zero attached hydrogens (tertiary/aromatic N) is 2. The van der Waals surface area contributed by atoms with Gasteiger partial charge in [-0.15, -0.1) is 0 Å². The lowest BCUT2D eigenvalue weighted by molar-refractivity contribution is -0.131. The Morgan fingerprint density at radius 3 is 2.72 bits per heavy atom. The molecular weight excluding hydrogens is 326 g/mol. The minimum Gasteiger partial charge on any atom is -0.485 e. The van der Waals surface area contributed by atoms with Crippen molar-refractivity contribution in [3.63, 3.8) is 0 Å². The van der Waals surface area contributed by atoms with E-state index in [-0.39, 0.29) is 6.61 Å². The van der Waals surface area contributed by atoms with E-state index in [0.29, 0.717) is 16.9 Å². The number of fused-ring (bicyclic) bond motifs is 1. The van der Waals surface area contributed by atoms with E-state index in [1.807, 2.05) is 6.07 Å². The van der Waals surface area contributed by atoms with Crippen molar-refractivity contribution in [3.05, 3.63) is 29.3 Å². The first-order valence-corrected chi connectivity index (χ1v) is 7.85. The molecule has 2 N–H and O–H groups in total. The van der Waals surface area contributed by atoms with Gasteiger partial charge < -0.3 is 14.6 Å². The summed E-state index contributed by atoms with van der Waals surface area (Å²) in [6.45, 7) is 6.32. The molecule has 8 nitrogen and oxygen atoms in total. The van der Waals surface area contributed by atoms with Crippen molar-refractivity contribution < 1.29 is 24.2 Å². The Labute approximate surface area is 145 Å². The number of benzene rings is 1. The van der Waals surface area contributed by atoms with Gasteiger partial charge in [-0.1, -0.05) is 0 Å². The molecular formula is C17H21N3O5. The van der Waals surface area contributed by atoms with Crippen LogP contribution in [0.25, 0.3) is 0 Å². The molecule has 2 rings (SSSR count). The number of hydrogen-bond donors (Lipinski definition) is 2. The van der Waals surface area contributed by atoms with Gasteiger partial charge in [-0.05, 0) is 39.0 Å². The summed E-state index contributed by atoms with van der Waals surface area (Å²) in [7, 11) is 0. The third kappa shape index (κ3) is 3.67. The van der Waals surface area contributed by atoms with Gasteiger partial charge in [0.15, 0.2) is 0 Å². The van der Waals surface area contributed by atoms with E-state index < -0.39 is 29.7 Å². The normalized spacial score (nSPS) is 20.5. The van der Waals surface area contributed by atoms with Gasteiger partial charge in [0.25, 0.3) is 0 Å². The minimum absolute atomic E-state index is 0.0999. The summed E-state index contributed by atoms with van der Waals surface area (Å²) in [5.41, 5.74) is 2.12. The molecule has 0 saturated heterocycles. The maximum absolute atomic E-state index is 12.4. The van der Waals surface area contributed by atoms with Crippen LogP contribution in [0.15, 0.2) is 18.2 Å². The number of ether oxygens (including phenoxy) is 2. The van der Waals surface area contributed by atoms with Crippen LogP contribution in [0, 0.1) is 11.3 Å². The van der Waals surface area contributed by atoms with Crippen LogP contribution in [0.5, 0.6) is 5.75 Å². The highest BCUT2D eigenvalue weighted by atomic mass is 16.6. The maximum Gasteiger partial charge on any atom is 0.429 e. The highest BCUT2D eigenvalue weighted by Crippen LogP contribution is 2.42. The summed E-state index contributed by atoms with van der Waals surface area (Å²) in [5, 5.41) is 20.9. The van der Waals surface area contributed by atoms with E-state index in [1.54, 1.807) is 32.9 Å². The van der Waals surface area contributed by atoms with E-state index in [2.05, 4.69) is 5.43 Å². The number of carbonyl (C=O) groups is 2. The van der Waals surface area contributed by atoms with Gasteiger partial charge in [0, 0.05) is 12.5 Å². The molecule has 0 fully saturated rings. The van der Waals surface area contributed by atoms with Crippen molar-refractivity contribution >= 4 is 12.0 Å². The topological polar surface area (TPSA) is 112 Å². The van der Waals surface area contributed by atoms with Crippen LogP contribution in [0.1, 0.15) is 44.9 Å². The predicted molar refractivity (Wildman–Crippen MR) is 87.3 cm³/mol. The lowest BCUT2D eigenvalue weighted by Crippen LogP contribution is -2.58. The molecule has 1 aliphatic rings. The number of carbonyl (C=O) groups excluding carboxylic acids is 2. The summed E-state index contributed by atoms with van der Waals surface area (Å²) in [4.78, 5) is 24.0. The molecule has 0 aliphatic carbocycles. The second kappa shape index (κ2) is 6.99. The monoisotopic (exact) mass is 347 g/mol. The van der Waals surface area contributed by atoms with Gasteiger partial charge in [-0.2, -0.15) is 5.26 Å². The van der Waals surface area contributed by atoms with Gasteiger partial charge in [-0.3, -0.25) is 10.2 Å². The zero-order chi connectivity index (χ0) is 18.8. The molecule has 2 atom stereocenters. The summed E-state index contributed by atoms with van der Waals surface area (Å²) < 4.78 is 10.8. The quantitative estimate of drug-likeness (QED) is 0.787. The summed E-state index contributed by atoms with van der Waals surface area (Å²) in [6.07, 6.45) is -1.99. The Hall–Kier alpha value is -2.79. The Morgan fingerprint density at radius 2 is 2.16 bits per heavy atom. The lowest BCUT2D eigenvalue weighted by Gasteiger charge is -2.45. The number of hydrazine groups is 1.